The summed E-state index contributed by atoms with van der Waals surface area (Å²) in [6, 6.07) is 4.26. The van der Waals surface area contributed by atoms with Crippen molar-refractivity contribution in [1.82, 2.24) is 0 Å². The molecule has 1 aromatic carbocycles. The number of alkyl halides is 3. The van der Waals surface area contributed by atoms with Crippen molar-refractivity contribution in [3.8, 4) is 0 Å². The van der Waals surface area contributed by atoms with Crippen molar-refractivity contribution in [3.05, 3.63) is 29.8 Å². The van der Waals surface area contributed by atoms with Crippen LogP contribution in [0, 0.1) is 5.92 Å². The fourth-order valence-electron chi connectivity index (χ4n) is 1.36. The SMILES string of the molecule is CC(CC(=O)Nc1cccc(C(F)(F)F)c1)C(N)=O. The molecule has 0 aliphatic carbocycles. The number of benzene rings is 1. The third-order valence-electron chi connectivity index (χ3n) is 2.45. The van der Waals surface area contributed by atoms with Gasteiger partial charge in [-0.1, -0.05) is 13.0 Å². The van der Waals surface area contributed by atoms with E-state index in [-0.39, 0.29) is 12.1 Å². The molecule has 0 bridgehead atoms. The number of carbonyl (C=O) groups is 2. The number of hydrogen-bond donors (Lipinski definition) is 2. The summed E-state index contributed by atoms with van der Waals surface area (Å²) in [5, 5.41) is 2.29. The number of hydrogen-bond acceptors (Lipinski definition) is 2. The molecule has 0 fully saturated rings. The van der Waals surface area contributed by atoms with Gasteiger partial charge < -0.3 is 11.1 Å². The Bertz CT molecular complexity index is 486. The molecule has 7 heteroatoms. The summed E-state index contributed by atoms with van der Waals surface area (Å²) in [6.07, 6.45) is -4.65. The van der Waals surface area contributed by atoms with E-state index in [4.69, 9.17) is 5.73 Å². The summed E-state index contributed by atoms with van der Waals surface area (Å²) in [5.74, 6) is -1.88. The number of rotatable bonds is 4. The van der Waals surface area contributed by atoms with Crippen molar-refractivity contribution in [1.29, 1.82) is 0 Å². The Kier molecular flexibility index (Phi) is 4.52. The second kappa shape index (κ2) is 5.73. The maximum Gasteiger partial charge on any atom is 0.416 e. The molecular formula is C12H13F3N2O2. The Morgan fingerprint density at radius 2 is 2.00 bits per heavy atom. The Labute approximate surface area is 107 Å². The van der Waals surface area contributed by atoms with E-state index in [1.54, 1.807) is 0 Å². The molecule has 0 aliphatic rings. The molecule has 0 saturated carbocycles. The van der Waals surface area contributed by atoms with Crippen LogP contribution < -0.4 is 11.1 Å². The lowest BCUT2D eigenvalue weighted by molar-refractivity contribution is -0.137. The molecule has 0 aliphatic heterocycles. The third-order valence-corrected chi connectivity index (χ3v) is 2.45. The second-order valence-electron chi connectivity index (χ2n) is 4.13. The van der Waals surface area contributed by atoms with Crippen LogP contribution >= 0.6 is 0 Å². The molecular weight excluding hydrogens is 261 g/mol. The van der Waals surface area contributed by atoms with Gasteiger partial charge in [-0.3, -0.25) is 9.59 Å². The number of carbonyl (C=O) groups excluding carboxylic acids is 2. The number of nitrogens with two attached hydrogens (primary N) is 1. The first-order valence-corrected chi connectivity index (χ1v) is 5.46. The maximum absolute atomic E-state index is 12.4. The summed E-state index contributed by atoms with van der Waals surface area (Å²) < 4.78 is 37.3. The predicted octanol–water partition coefficient (Wildman–Crippen LogP) is 2.16. The van der Waals surface area contributed by atoms with E-state index in [1.165, 1.54) is 19.1 Å². The maximum atomic E-state index is 12.4. The standard InChI is InChI=1S/C12H13F3N2O2/c1-7(11(16)19)5-10(18)17-9-4-2-3-8(6-9)12(13,14)15/h2-4,6-7H,5H2,1H3,(H2,16,19)(H,17,18). The topological polar surface area (TPSA) is 72.2 Å². The van der Waals surface area contributed by atoms with E-state index in [1.807, 2.05) is 0 Å². The van der Waals surface area contributed by atoms with E-state index in [0.29, 0.717) is 0 Å². The smallest absolute Gasteiger partial charge is 0.369 e. The second-order valence-corrected chi connectivity index (χ2v) is 4.13. The summed E-state index contributed by atoms with van der Waals surface area (Å²) in [7, 11) is 0. The fourth-order valence-corrected chi connectivity index (χ4v) is 1.36. The van der Waals surface area contributed by atoms with E-state index >= 15 is 0 Å². The highest BCUT2D eigenvalue weighted by atomic mass is 19.4. The minimum absolute atomic E-state index is 0.0245. The van der Waals surface area contributed by atoms with Crippen LogP contribution in [-0.4, -0.2) is 11.8 Å². The largest absolute Gasteiger partial charge is 0.416 e. The van der Waals surface area contributed by atoms with E-state index < -0.39 is 29.5 Å². The minimum atomic E-state index is -4.47. The van der Waals surface area contributed by atoms with E-state index in [0.717, 1.165) is 12.1 Å². The third kappa shape index (κ3) is 4.61. The molecule has 4 nitrogen and oxygen atoms in total. The van der Waals surface area contributed by atoms with Crippen LogP contribution in [0.2, 0.25) is 0 Å². The highest BCUT2D eigenvalue weighted by molar-refractivity contribution is 5.93. The van der Waals surface area contributed by atoms with Gasteiger partial charge in [-0.05, 0) is 18.2 Å². The summed E-state index contributed by atoms with van der Waals surface area (Å²) in [4.78, 5) is 22.3. The average molecular weight is 274 g/mol. The van der Waals surface area contributed by atoms with Crippen molar-refractivity contribution < 1.29 is 22.8 Å². The van der Waals surface area contributed by atoms with Gasteiger partial charge in [0, 0.05) is 18.0 Å². The number of nitrogens with one attached hydrogen (secondary N) is 1. The van der Waals surface area contributed by atoms with Gasteiger partial charge in [-0.25, -0.2) is 0 Å². The monoisotopic (exact) mass is 274 g/mol. The van der Waals surface area contributed by atoms with Gasteiger partial charge in [0.25, 0.3) is 0 Å². The van der Waals surface area contributed by atoms with Gasteiger partial charge in [0.15, 0.2) is 0 Å². The molecule has 3 N–H and O–H groups in total. The van der Waals surface area contributed by atoms with Gasteiger partial charge in [0.05, 0.1) is 5.56 Å². The molecule has 1 atom stereocenters. The first-order valence-electron chi connectivity index (χ1n) is 5.46. The van der Waals surface area contributed by atoms with Crippen molar-refractivity contribution in [2.75, 3.05) is 5.32 Å². The zero-order valence-corrected chi connectivity index (χ0v) is 10.1. The van der Waals surface area contributed by atoms with Crippen molar-refractivity contribution in [2.45, 2.75) is 19.5 Å². The lowest BCUT2D eigenvalue weighted by Gasteiger charge is -2.11. The van der Waals surface area contributed by atoms with Crippen LogP contribution in [0.1, 0.15) is 18.9 Å². The number of anilines is 1. The first kappa shape index (κ1) is 15.0. The Morgan fingerprint density at radius 1 is 1.37 bits per heavy atom. The molecule has 2 amide bonds. The fraction of sp³-hybridized carbons (Fsp3) is 0.333. The van der Waals surface area contributed by atoms with Gasteiger partial charge in [-0.2, -0.15) is 13.2 Å². The van der Waals surface area contributed by atoms with Crippen LogP contribution in [0.3, 0.4) is 0 Å². The molecule has 0 heterocycles. The van der Waals surface area contributed by atoms with Gasteiger partial charge >= 0.3 is 6.18 Å². The lowest BCUT2D eigenvalue weighted by atomic mass is 10.1. The van der Waals surface area contributed by atoms with Gasteiger partial charge in [-0.15, -0.1) is 0 Å². The molecule has 1 aromatic rings. The lowest BCUT2D eigenvalue weighted by Crippen LogP contribution is -2.25. The quantitative estimate of drug-likeness (QED) is 0.883. The Balaban J connectivity index is 2.73. The van der Waals surface area contributed by atoms with Crippen molar-refractivity contribution >= 4 is 17.5 Å². The highest BCUT2D eigenvalue weighted by Crippen LogP contribution is 2.30. The van der Waals surface area contributed by atoms with Crippen LogP contribution in [-0.2, 0) is 15.8 Å². The first-order chi connectivity index (χ1) is 8.70. The number of halogens is 3. The van der Waals surface area contributed by atoms with Crippen molar-refractivity contribution in [3.63, 3.8) is 0 Å². The van der Waals surface area contributed by atoms with Gasteiger partial charge in [0.1, 0.15) is 0 Å². The average Bonchev–Trinajstić information content (AvgIpc) is 2.27. The summed E-state index contributed by atoms with van der Waals surface area (Å²) in [5.41, 5.74) is 4.16. The zero-order valence-electron chi connectivity index (χ0n) is 10.1. The number of primary amides is 1. The molecule has 1 rings (SSSR count). The van der Waals surface area contributed by atoms with Crippen molar-refractivity contribution in [2.24, 2.45) is 11.7 Å². The highest BCUT2D eigenvalue weighted by Gasteiger charge is 2.30. The van der Waals surface area contributed by atoms with Crippen LogP contribution in [0.5, 0.6) is 0 Å². The summed E-state index contributed by atoms with van der Waals surface area (Å²) in [6.45, 7) is 1.47. The van der Waals surface area contributed by atoms with Crippen LogP contribution in [0.4, 0.5) is 18.9 Å². The summed E-state index contributed by atoms with van der Waals surface area (Å²) >= 11 is 0. The van der Waals surface area contributed by atoms with Gasteiger partial charge in [0.2, 0.25) is 11.8 Å². The number of amides is 2. The Morgan fingerprint density at radius 3 is 2.53 bits per heavy atom. The molecule has 19 heavy (non-hydrogen) atoms. The minimum Gasteiger partial charge on any atom is -0.369 e. The van der Waals surface area contributed by atoms with Crippen LogP contribution in [0.25, 0.3) is 0 Å². The van der Waals surface area contributed by atoms with E-state index in [9.17, 15) is 22.8 Å². The normalized spacial score (nSPS) is 12.8. The van der Waals surface area contributed by atoms with E-state index in [2.05, 4.69) is 5.32 Å². The molecule has 0 aromatic heterocycles. The molecule has 0 radical (unpaired) electrons. The predicted molar refractivity (Wildman–Crippen MR) is 63.0 cm³/mol. The molecule has 0 saturated heterocycles. The molecule has 0 spiro atoms. The Hall–Kier alpha value is -2.05. The van der Waals surface area contributed by atoms with Crippen LogP contribution in [0.15, 0.2) is 24.3 Å². The molecule has 104 valence electrons. The zero-order chi connectivity index (χ0) is 14.6. The molecule has 1 unspecified atom stereocenters.